The van der Waals surface area contributed by atoms with Crippen molar-refractivity contribution in [2.24, 2.45) is 0 Å². The molecule has 4 nitrogen and oxygen atoms in total. The smallest absolute Gasteiger partial charge is 0.146 e. The minimum absolute atomic E-state index is 0.657. The third-order valence-electron chi connectivity index (χ3n) is 3.45. The van der Waals surface area contributed by atoms with E-state index < -0.39 is 0 Å². The van der Waals surface area contributed by atoms with E-state index in [1.54, 1.807) is 0 Å². The van der Waals surface area contributed by atoms with Crippen molar-refractivity contribution in [3.8, 4) is 6.07 Å². The molecule has 0 amide bonds. The molecule has 2 rings (SSSR count). The number of aromatic nitrogens is 1. The molecule has 1 aromatic heterocycles. The normalized spacial score (nSPS) is 15.6. The fourth-order valence-corrected chi connectivity index (χ4v) is 2.32. The predicted molar refractivity (Wildman–Crippen MR) is 72.6 cm³/mol. The van der Waals surface area contributed by atoms with Crippen molar-refractivity contribution in [3.05, 3.63) is 23.4 Å². The van der Waals surface area contributed by atoms with Crippen LogP contribution < -0.4 is 4.90 Å². The van der Waals surface area contributed by atoms with Gasteiger partial charge in [-0.3, -0.25) is 0 Å². The van der Waals surface area contributed by atoms with Gasteiger partial charge in [-0.15, -0.1) is 0 Å². The van der Waals surface area contributed by atoms with Gasteiger partial charge in [0, 0.05) is 25.8 Å². The summed E-state index contributed by atoms with van der Waals surface area (Å²) >= 11 is 0. The van der Waals surface area contributed by atoms with Gasteiger partial charge in [0.1, 0.15) is 11.9 Å². The number of nitriles is 1. The first-order valence-corrected chi connectivity index (χ1v) is 6.52. The summed E-state index contributed by atoms with van der Waals surface area (Å²) in [6.45, 7) is 6.35. The Balaban J connectivity index is 2.01. The maximum Gasteiger partial charge on any atom is 0.146 e. The molecule has 1 aliphatic heterocycles. The summed E-state index contributed by atoms with van der Waals surface area (Å²) in [5.74, 6) is 0.802. The molecule has 1 saturated heterocycles. The van der Waals surface area contributed by atoms with Crippen LogP contribution in [0.1, 0.15) is 24.1 Å². The number of anilines is 1. The Morgan fingerprint density at radius 3 is 2.78 bits per heavy atom. The maximum absolute atomic E-state index is 9.11. The summed E-state index contributed by atoms with van der Waals surface area (Å²) in [6, 6.07) is 5.95. The Morgan fingerprint density at radius 1 is 1.39 bits per heavy atom. The molecule has 0 N–H and O–H groups in total. The van der Waals surface area contributed by atoms with E-state index in [-0.39, 0.29) is 0 Å². The van der Waals surface area contributed by atoms with Crippen LogP contribution >= 0.6 is 0 Å². The second-order valence-electron chi connectivity index (χ2n) is 4.91. The molecule has 0 radical (unpaired) electrons. The van der Waals surface area contributed by atoms with Gasteiger partial charge in [-0.05, 0) is 45.0 Å². The van der Waals surface area contributed by atoms with Gasteiger partial charge in [-0.2, -0.15) is 5.26 Å². The molecule has 2 heterocycles. The molecule has 0 aromatic carbocycles. The highest BCUT2D eigenvalue weighted by molar-refractivity contribution is 5.53. The van der Waals surface area contributed by atoms with E-state index in [1.165, 1.54) is 25.9 Å². The summed E-state index contributed by atoms with van der Waals surface area (Å²) in [4.78, 5) is 9.03. The molecule has 1 aliphatic rings. The van der Waals surface area contributed by atoms with Crippen molar-refractivity contribution in [1.29, 1.82) is 5.26 Å². The Bertz CT molecular complexity index is 444. The molecule has 18 heavy (non-hydrogen) atoms. The molecule has 96 valence electrons. The molecular weight excluding hydrogens is 224 g/mol. The van der Waals surface area contributed by atoms with Crippen LogP contribution in [-0.4, -0.2) is 43.1 Å². The number of likely N-dealkylation sites (N-methyl/N-ethyl adjacent to an activating group) is 1. The van der Waals surface area contributed by atoms with E-state index in [2.05, 4.69) is 20.9 Å². The fraction of sp³-hybridized carbons (Fsp3) is 0.571. The van der Waals surface area contributed by atoms with Crippen LogP contribution in [0.15, 0.2) is 12.1 Å². The van der Waals surface area contributed by atoms with Crippen LogP contribution in [0.2, 0.25) is 0 Å². The van der Waals surface area contributed by atoms with Crippen LogP contribution in [-0.2, 0) is 0 Å². The van der Waals surface area contributed by atoms with Crippen LogP contribution in [0.4, 0.5) is 5.82 Å². The first-order chi connectivity index (χ1) is 8.70. The number of likely N-dealkylation sites (tertiary alicyclic amines) is 1. The monoisotopic (exact) mass is 244 g/mol. The minimum Gasteiger partial charge on any atom is -0.357 e. The lowest BCUT2D eigenvalue weighted by atomic mass is 10.2. The molecule has 0 bridgehead atoms. The average Bonchev–Trinajstić information content (AvgIpc) is 2.89. The summed E-state index contributed by atoms with van der Waals surface area (Å²) < 4.78 is 0. The molecular formula is C14H20N4. The van der Waals surface area contributed by atoms with Gasteiger partial charge in [0.15, 0.2) is 0 Å². The largest absolute Gasteiger partial charge is 0.357 e. The first kappa shape index (κ1) is 12.8. The van der Waals surface area contributed by atoms with Crippen molar-refractivity contribution in [3.63, 3.8) is 0 Å². The van der Waals surface area contributed by atoms with Crippen LogP contribution in [0.3, 0.4) is 0 Å². The second kappa shape index (κ2) is 5.83. The van der Waals surface area contributed by atoms with Crippen LogP contribution in [0, 0.1) is 18.3 Å². The Hall–Kier alpha value is -1.60. The van der Waals surface area contributed by atoms with Crippen molar-refractivity contribution in [2.75, 3.05) is 38.1 Å². The Morgan fingerprint density at radius 2 is 2.11 bits per heavy atom. The topological polar surface area (TPSA) is 43.2 Å². The van der Waals surface area contributed by atoms with Crippen molar-refractivity contribution < 1.29 is 0 Å². The highest BCUT2D eigenvalue weighted by atomic mass is 15.2. The first-order valence-electron chi connectivity index (χ1n) is 6.52. The number of aryl methyl sites for hydroxylation is 1. The zero-order valence-electron chi connectivity index (χ0n) is 11.2. The standard InChI is InChI=1S/C14H20N4/c1-12-5-6-13(11-15)14(16-12)17(2)9-10-18-7-3-4-8-18/h5-6H,3-4,7-10H2,1-2H3. The molecule has 0 unspecified atom stereocenters. The van der Waals surface area contributed by atoms with Gasteiger partial charge >= 0.3 is 0 Å². The molecule has 0 atom stereocenters. The molecule has 0 saturated carbocycles. The Labute approximate surface area is 109 Å². The Kier molecular flexibility index (Phi) is 4.16. The van der Waals surface area contributed by atoms with E-state index in [1.807, 2.05) is 26.1 Å². The van der Waals surface area contributed by atoms with Gasteiger partial charge in [-0.25, -0.2) is 4.98 Å². The lowest BCUT2D eigenvalue weighted by Crippen LogP contribution is -2.32. The average molecular weight is 244 g/mol. The summed E-state index contributed by atoms with van der Waals surface area (Å²) in [5, 5.41) is 9.11. The summed E-state index contributed by atoms with van der Waals surface area (Å²) in [5.41, 5.74) is 1.61. The van der Waals surface area contributed by atoms with Crippen molar-refractivity contribution >= 4 is 5.82 Å². The summed E-state index contributed by atoms with van der Waals surface area (Å²) in [7, 11) is 2.01. The van der Waals surface area contributed by atoms with E-state index in [4.69, 9.17) is 5.26 Å². The molecule has 4 heteroatoms. The lowest BCUT2D eigenvalue weighted by Gasteiger charge is -2.23. The van der Waals surface area contributed by atoms with Gasteiger partial charge in [0.05, 0.1) is 5.56 Å². The van der Waals surface area contributed by atoms with Gasteiger partial charge < -0.3 is 9.80 Å². The van der Waals surface area contributed by atoms with Crippen molar-refractivity contribution in [2.45, 2.75) is 19.8 Å². The van der Waals surface area contributed by atoms with Crippen molar-refractivity contribution in [1.82, 2.24) is 9.88 Å². The quantitative estimate of drug-likeness (QED) is 0.810. The van der Waals surface area contributed by atoms with E-state index >= 15 is 0 Å². The molecule has 0 spiro atoms. The van der Waals surface area contributed by atoms with Gasteiger partial charge in [0.2, 0.25) is 0 Å². The molecule has 1 fully saturated rings. The van der Waals surface area contributed by atoms with E-state index in [0.717, 1.165) is 24.6 Å². The number of rotatable bonds is 4. The SMILES string of the molecule is Cc1ccc(C#N)c(N(C)CCN2CCCC2)n1. The summed E-state index contributed by atoms with van der Waals surface area (Å²) in [6.07, 6.45) is 2.63. The number of hydrogen-bond acceptors (Lipinski definition) is 4. The van der Waals surface area contributed by atoms with Gasteiger partial charge in [0.25, 0.3) is 0 Å². The third kappa shape index (κ3) is 2.99. The second-order valence-corrected chi connectivity index (χ2v) is 4.91. The van der Waals surface area contributed by atoms with Gasteiger partial charge in [-0.1, -0.05) is 0 Å². The zero-order valence-corrected chi connectivity index (χ0v) is 11.2. The molecule has 1 aromatic rings. The minimum atomic E-state index is 0.657. The molecule has 0 aliphatic carbocycles. The van der Waals surface area contributed by atoms with E-state index in [0.29, 0.717) is 5.56 Å². The van der Waals surface area contributed by atoms with Crippen LogP contribution in [0.25, 0.3) is 0 Å². The highest BCUT2D eigenvalue weighted by Gasteiger charge is 2.14. The maximum atomic E-state index is 9.11. The third-order valence-corrected chi connectivity index (χ3v) is 3.45. The zero-order chi connectivity index (χ0) is 13.0. The fourth-order valence-electron chi connectivity index (χ4n) is 2.32. The predicted octanol–water partition coefficient (Wildman–Crippen LogP) is 1.79. The lowest BCUT2D eigenvalue weighted by molar-refractivity contribution is 0.346. The number of hydrogen-bond donors (Lipinski definition) is 0. The van der Waals surface area contributed by atoms with E-state index in [9.17, 15) is 0 Å². The number of nitrogens with zero attached hydrogens (tertiary/aromatic N) is 4. The highest BCUT2D eigenvalue weighted by Crippen LogP contribution is 2.16. The van der Waals surface area contributed by atoms with Crippen LogP contribution in [0.5, 0.6) is 0 Å². The number of pyridine rings is 1.